The maximum atomic E-state index is 13.3. The maximum absolute atomic E-state index is 13.3. The highest BCUT2D eigenvalue weighted by molar-refractivity contribution is 5.18. The van der Waals surface area contributed by atoms with Crippen molar-refractivity contribution < 1.29 is 8.78 Å². The zero-order valence-electron chi connectivity index (χ0n) is 10.3. The van der Waals surface area contributed by atoms with E-state index in [2.05, 4.69) is 19.2 Å². The van der Waals surface area contributed by atoms with Crippen LogP contribution in [0, 0.1) is 17.6 Å². The molecule has 0 radical (unpaired) electrons. The van der Waals surface area contributed by atoms with E-state index < -0.39 is 11.6 Å². The van der Waals surface area contributed by atoms with Crippen molar-refractivity contribution >= 4 is 0 Å². The van der Waals surface area contributed by atoms with E-state index in [1.54, 1.807) is 0 Å². The smallest absolute Gasteiger partial charge is 0.129 e. The summed E-state index contributed by atoms with van der Waals surface area (Å²) < 4.78 is 26.0. The van der Waals surface area contributed by atoms with Gasteiger partial charge in [-0.1, -0.05) is 19.9 Å². The molecule has 0 heterocycles. The van der Waals surface area contributed by atoms with Crippen molar-refractivity contribution in [3.63, 3.8) is 0 Å². The van der Waals surface area contributed by atoms with Crippen molar-refractivity contribution in [2.45, 2.75) is 26.3 Å². The van der Waals surface area contributed by atoms with Gasteiger partial charge in [0.1, 0.15) is 11.6 Å². The highest BCUT2D eigenvalue weighted by Crippen LogP contribution is 2.10. The van der Waals surface area contributed by atoms with Gasteiger partial charge in [0, 0.05) is 18.7 Å². The first kappa shape index (κ1) is 14.1. The first-order valence-electron chi connectivity index (χ1n) is 5.92. The number of hydrogen-bond acceptors (Lipinski definition) is 2. The highest BCUT2D eigenvalue weighted by Gasteiger charge is 2.10. The van der Waals surface area contributed by atoms with E-state index in [9.17, 15) is 8.78 Å². The third-order valence-corrected chi connectivity index (χ3v) is 2.87. The lowest BCUT2D eigenvalue weighted by Crippen LogP contribution is -2.41. The summed E-state index contributed by atoms with van der Waals surface area (Å²) in [5, 5.41) is 3.27. The second-order valence-corrected chi connectivity index (χ2v) is 4.53. The Morgan fingerprint density at radius 3 is 2.53 bits per heavy atom. The van der Waals surface area contributed by atoms with Crippen LogP contribution in [0.4, 0.5) is 8.78 Å². The number of hydrogen-bond donors (Lipinski definition) is 2. The van der Waals surface area contributed by atoms with Gasteiger partial charge in [0.25, 0.3) is 0 Å². The Balaban J connectivity index is 2.45. The molecule has 4 heteroatoms. The molecule has 0 amide bonds. The minimum atomic E-state index is -0.541. The Labute approximate surface area is 101 Å². The Kier molecular flexibility index (Phi) is 5.51. The quantitative estimate of drug-likeness (QED) is 0.801. The van der Waals surface area contributed by atoms with Crippen LogP contribution in [0.15, 0.2) is 18.2 Å². The van der Waals surface area contributed by atoms with E-state index in [0.717, 1.165) is 6.07 Å². The van der Waals surface area contributed by atoms with Crippen molar-refractivity contribution in [3.05, 3.63) is 35.4 Å². The molecule has 0 spiro atoms. The molecular formula is C13H20F2N2. The fraction of sp³-hybridized carbons (Fsp3) is 0.538. The molecule has 0 saturated carbocycles. The van der Waals surface area contributed by atoms with Crippen molar-refractivity contribution in [3.8, 4) is 0 Å². The van der Waals surface area contributed by atoms with E-state index in [0.29, 0.717) is 31.0 Å². The minimum Gasteiger partial charge on any atom is -0.329 e. The fourth-order valence-electron chi connectivity index (χ4n) is 1.71. The Hall–Kier alpha value is -1.00. The monoisotopic (exact) mass is 242 g/mol. The fourth-order valence-corrected chi connectivity index (χ4v) is 1.71. The lowest BCUT2D eigenvalue weighted by molar-refractivity contribution is 0.407. The van der Waals surface area contributed by atoms with Gasteiger partial charge < -0.3 is 11.1 Å². The molecule has 0 saturated heterocycles. The summed E-state index contributed by atoms with van der Waals surface area (Å²) >= 11 is 0. The van der Waals surface area contributed by atoms with Crippen LogP contribution >= 0.6 is 0 Å². The number of halogens is 2. The summed E-state index contributed by atoms with van der Waals surface area (Å²) in [4.78, 5) is 0. The average Bonchev–Trinajstić information content (AvgIpc) is 2.26. The second-order valence-electron chi connectivity index (χ2n) is 4.53. The summed E-state index contributed by atoms with van der Waals surface area (Å²) in [5.74, 6) is -0.583. The zero-order chi connectivity index (χ0) is 12.8. The van der Waals surface area contributed by atoms with Crippen LogP contribution in [-0.2, 0) is 6.42 Å². The number of benzene rings is 1. The molecule has 0 bridgehead atoms. The third kappa shape index (κ3) is 4.40. The van der Waals surface area contributed by atoms with E-state index in [-0.39, 0.29) is 6.04 Å². The molecule has 17 heavy (non-hydrogen) atoms. The van der Waals surface area contributed by atoms with Crippen LogP contribution in [0.25, 0.3) is 0 Å². The number of rotatable bonds is 6. The van der Waals surface area contributed by atoms with Crippen molar-refractivity contribution in [2.75, 3.05) is 13.1 Å². The van der Waals surface area contributed by atoms with Gasteiger partial charge in [-0.15, -0.1) is 0 Å². The van der Waals surface area contributed by atoms with Gasteiger partial charge in [-0.2, -0.15) is 0 Å². The molecule has 1 aromatic rings. The summed E-state index contributed by atoms with van der Waals surface area (Å²) in [6.07, 6.45) is 0.537. The lowest BCUT2D eigenvalue weighted by Gasteiger charge is -2.20. The van der Waals surface area contributed by atoms with Gasteiger partial charge in [-0.25, -0.2) is 8.78 Å². The first-order chi connectivity index (χ1) is 8.04. The first-order valence-corrected chi connectivity index (χ1v) is 5.92. The minimum absolute atomic E-state index is 0.235. The van der Waals surface area contributed by atoms with Crippen molar-refractivity contribution in [1.29, 1.82) is 0 Å². The molecule has 0 aliphatic carbocycles. The van der Waals surface area contributed by atoms with Gasteiger partial charge in [0.05, 0.1) is 0 Å². The molecule has 96 valence electrons. The molecule has 2 nitrogen and oxygen atoms in total. The van der Waals surface area contributed by atoms with Gasteiger partial charge in [-0.3, -0.25) is 0 Å². The topological polar surface area (TPSA) is 38.0 Å². The molecule has 1 rings (SSSR count). The van der Waals surface area contributed by atoms with Gasteiger partial charge in [-0.05, 0) is 30.5 Å². The van der Waals surface area contributed by atoms with Crippen LogP contribution < -0.4 is 11.1 Å². The predicted molar refractivity (Wildman–Crippen MR) is 65.7 cm³/mol. The zero-order valence-corrected chi connectivity index (χ0v) is 10.3. The normalized spacial score (nSPS) is 13.1. The second kappa shape index (κ2) is 6.67. The number of nitrogens with two attached hydrogens (primary N) is 1. The van der Waals surface area contributed by atoms with E-state index in [4.69, 9.17) is 5.73 Å². The SMILES string of the molecule is CC(C)C(CN)NCCc1ccc(F)cc1F. The summed E-state index contributed by atoms with van der Waals surface area (Å²) in [6.45, 7) is 5.37. The molecule has 1 unspecified atom stereocenters. The van der Waals surface area contributed by atoms with Crippen molar-refractivity contribution in [2.24, 2.45) is 11.7 Å². The Bertz CT molecular complexity index is 353. The van der Waals surface area contributed by atoms with Gasteiger partial charge in [0.15, 0.2) is 0 Å². The van der Waals surface area contributed by atoms with E-state index in [1.807, 2.05) is 0 Å². The summed E-state index contributed by atoms with van der Waals surface area (Å²) in [5.41, 5.74) is 6.14. The van der Waals surface area contributed by atoms with Gasteiger partial charge in [0.2, 0.25) is 0 Å². The van der Waals surface area contributed by atoms with Crippen LogP contribution in [0.3, 0.4) is 0 Å². The molecule has 1 atom stereocenters. The van der Waals surface area contributed by atoms with Crippen LogP contribution in [0.1, 0.15) is 19.4 Å². The summed E-state index contributed by atoms with van der Waals surface area (Å²) in [7, 11) is 0. The largest absolute Gasteiger partial charge is 0.329 e. The van der Waals surface area contributed by atoms with Crippen LogP contribution in [0.2, 0.25) is 0 Å². The molecule has 0 aliphatic heterocycles. The lowest BCUT2D eigenvalue weighted by atomic mass is 10.0. The third-order valence-electron chi connectivity index (χ3n) is 2.87. The Morgan fingerprint density at radius 1 is 1.29 bits per heavy atom. The highest BCUT2D eigenvalue weighted by atomic mass is 19.1. The van der Waals surface area contributed by atoms with Crippen molar-refractivity contribution in [1.82, 2.24) is 5.32 Å². The van der Waals surface area contributed by atoms with Crippen LogP contribution in [-0.4, -0.2) is 19.1 Å². The molecule has 0 aromatic heterocycles. The Morgan fingerprint density at radius 2 is 2.00 bits per heavy atom. The van der Waals surface area contributed by atoms with Crippen LogP contribution in [0.5, 0.6) is 0 Å². The van der Waals surface area contributed by atoms with E-state index >= 15 is 0 Å². The van der Waals surface area contributed by atoms with Gasteiger partial charge >= 0.3 is 0 Å². The predicted octanol–water partition coefficient (Wildman–Crippen LogP) is 2.08. The van der Waals surface area contributed by atoms with E-state index in [1.165, 1.54) is 12.1 Å². The molecular weight excluding hydrogens is 222 g/mol. The molecule has 3 N–H and O–H groups in total. The maximum Gasteiger partial charge on any atom is 0.129 e. The summed E-state index contributed by atoms with van der Waals surface area (Å²) in [6, 6.07) is 3.91. The standard InChI is InChI=1S/C13H20F2N2/c1-9(2)13(8-16)17-6-5-10-3-4-11(14)7-12(10)15/h3-4,7,9,13,17H,5-6,8,16H2,1-2H3. The molecule has 0 fully saturated rings. The molecule has 1 aromatic carbocycles. The average molecular weight is 242 g/mol. The number of nitrogens with one attached hydrogen (secondary N) is 1. The molecule has 0 aliphatic rings.